The molecule has 5 heteroatoms. The Bertz CT molecular complexity index is 519. The van der Waals surface area contributed by atoms with Crippen molar-refractivity contribution in [2.75, 3.05) is 6.54 Å². The highest BCUT2D eigenvalue weighted by atomic mass is 79.9. The molecule has 84 valence electrons. The molecule has 2 aromatic rings. The zero-order valence-corrected chi connectivity index (χ0v) is 11.3. The van der Waals surface area contributed by atoms with Crippen molar-refractivity contribution in [3.05, 3.63) is 38.5 Å². The van der Waals surface area contributed by atoms with E-state index >= 15 is 0 Å². The fourth-order valence-electron chi connectivity index (χ4n) is 2.24. The molecule has 1 unspecified atom stereocenters. The number of nitrogens with one attached hydrogen (secondary N) is 2. The van der Waals surface area contributed by atoms with Crippen molar-refractivity contribution in [1.29, 1.82) is 0 Å². The van der Waals surface area contributed by atoms with Gasteiger partial charge >= 0.3 is 0 Å². The van der Waals surface area contributed by atoms with Gasteiger partial charge in [0.15, 0.2) is 0 Å². The molecule has 1 aliphatic heterocycles. The van der Waals surface area contributed by atoms with Gasteiger partial charge in [0, 0.05) is 33.4 Å². The second-order valence-corrected chi connectivity index (χ2v) is 5.99. The van der Waals surface area contributed by atoms with Crippen LogP contribution in [0.3, 0.4) is 0 Å². The molecule has 2 aromatic heterocycles. The number of halogens is 1. The van der Waals surface area contributed by atoms with E-state index in [1.165, 1.54) is 10.6 Å². The molecule has 0 radical (unpaired) electrons. The van der Waals surface area contributed by atoms with E-state index in [1.807, 2.05) is 0 Å². The molecule has 0 amide bonds. The van der Waals surface area contributed by atoms with Gasteiger partial charge in [0.25, 0.3) is 0 Å². The lowest BCUT2D eigenvalue weighted by atomic mass is 9.90. The summed E-state index contributed by atoms with van der Waals surface area (Å²) in [6, 6.07) is 2.17. The highest BCUT2D eigenvalue weighted by Crippen LogP contribution is 2.37. The number of hydrogen-bond acceptors (Lipinski definition) is 3. The minimum Gasteiger partial charge on any atom is -0.348 e. The molecule has 2 N–H and O–H groups in total. The Labute approximate surface area is 106 Å². The summed E-state index contributed by atoms with van der Waals surface area (Å²) in [5, 5.41) is 5.69. The van der Waals surface area contributed by atoms with Gasteiger partial charge in [-0.2, -0.15) is 0 Å². The molecule has 0 aliphatic carbocycles. The zero-order valence-electron chi connectivity index (χ0n) is 8.88. The minimum absolute atomic E-state index is 0.149. The third-order valence-electron chi connectivity index (χ3n) is 3.11. The van der Waals surface area contributed by atoms with Crippen molar-refractivity contribution >= 4 is 27.3 Å². The summed E-state index contributed by atoms with van der Waals surface area (Å²) in [7, 11) is 0. The van der Waals surface area contributed by atoms with Crippen LogP contribution in [0.15, 0.2) is 22.2 Å². The summed E-state index contributed by atoms with van der Waals surface area (Å²) in [5.74, 6) is 0. The quantitative estimate of drug-likeness (QED) is 0.850. The van der Waals surface area contributed by atoms with Crippen LogP contribution in [-0.2, 0) is 12.0 Å². The van der Waals surface area contributed by atoms with E-state index in [0.717, 1.165) is 23.1 Å². The number of fused-ring (bicyclic) bond motifs is 1. The summed E-state index contributed by atoms with van der Waals surface area (Å²) in [6.45, 7) is 3.19. The maximum Gasteiger partial charge on any atom is 0.0947 e. The Morgan fingerprint density at radius 1 is 1.56 bits per heavy atom. The monoisotopic (exact) mass is 297 g/mol. The first-order chi connectivity index (χ1) is 7.70. The van der Waals surface area contributed by atoms with Crippen LogP contribution in [0.25, 0.3) is 0 Å². The lowest BCUT2D eigenvalue weighted by molar-refractivity contribution is 0.410. The number of hydrogen-bond donors (Lipinski definition) is 2. The van der Waals surface area contributed by atoms with Crippen LogP contribution >= 0.6 is 27.3 Å². The molecule has 0 spiro atoms. The van der Waals surface area contributed by atoms with Gasteiger partial charge < -0.3 is 10.3 Å². The van der Waals surface area contributed by atoms with Crippen LogP contribution in [0.1, 0.15) is 23.2 Å². The molecule has 0 saturated carbocycles. The molecule has 1 aliphatic rings. The number of imidazole rings is 1. The number of thiophene rings is 1. The number of H-pyrrole nitrogens is 1. The molecule has 3 rings (SSSR count). The van der Waals surface area contributed by atoms with Gasteiger partial charge in [-0.25, -0.2) is 4.98 Å². The van der Waals surface area contributed by atoms with Gasteiger partial charge in [-0.05, 0) is 28.9 Å². The number of aromatic amines is 1. The maximum atomic E-state index is 4.47. The Hall–Kier alpha value is -0.650. The van der Waals surface area contributed by atoms with Gasteiger partial charge in [-0.15, -0.1) is 11.3 Å². The lowest BCUT2D eigenvalue weighted by Crippen LogP contribution is -2.45. The summed E-state index contributed by atoms with van der Waals surface area (Å²) in [5.41, 5.74) is 2.24. The van der Waals surface area contributed by atoms with E-state index in [2.05, 4.69) is 49.6 Å². The molecule has 0 saturated heterocycles. The standard InChI is InChI=1S/C11H12BrN3S/c1-11(9-4-7(12)5-16-9)10-8(2-3-15-11)13-6-14-10/h4-6,15H,2-3H2,1H3,(H,13,14). The van der Waals surface area contributed by atoms with Crippen LogP contribution < -0.4 is 5.32 Å². The summed E-state index contributed by atoms with van der Waals surface area (Å²) in [4.78, 5) is 9.00. The zero-order chi connectivity index (χ0) is 11.2. The average molecular weight is 298 g/mol. The van der Waals surface area contributed by atoms with Gasteiger partial charge in [0.1, 0.15) is 0 Å². The minimum atomic E-state index is -0.149. The predicted molar refractivity (Wildman–Crippen MR) is 68.8 cm³/mol. The molecular weight excluding hydrogens is 286 g/mol. The molecule has 0 fully saturated rings. The first-order valence-corrected chi connectivity index (χ1v) is 6.90. The highest BCUT2D eigenvalue weighted by Gasteiger charge is 2.36. The van der Waals surface area contributed by atoms with Crippen LogP contribution in [-0.4, -0.2) is 16.5 Å². The summed E-state index contributed by atoms with van der Waals surface area (Å²) >= 11 is 5.27. The van der Waals surface area contributed by atoms with Crippen LogP contribution in [0.4, 0.5) is 0 Å². The molecule has 0 aromatic carbocycles. The summed E-state index contributed by atoms with van der Waals surface area (Å²) < 4.78 is 1.14. The van der Waals surface area contributed by atoms with Crippen molar-refractivity contribution in [2.45, 2.75) is 18.9 Å². The largest absolute Gasteiger partial charge is 0.348 e. The fourth-order valence-corrected chi connectivity index (χ4v) is 3.81. The van der Waals surface area contributed by atoms with E-state index in [9.17, 15) is 0 Å². The SMILES string of the molecule is CC1(c2cc(Br)cs2)NCCc2[nH]cnc21. The van der Waals surface area contributed by atoms with Crippen LogP contribution in [0.2, 0.25) is 0 Å². The van der Waals surface area contributed by atoms with Crippen LogP contribution in [0.5, 0.6) is 0 Å². The Morgan fingerprint density at radius 3 is 3.19 bits per heavy atom. The number of nitrogens with zero attached hydrogens (tertiary/aromatic N) is 1. The third kappa shape index (κ3) is 1.46. The Kier molecular flexibility index (Phi) is 2.42. The Morgan fingerprint density at radius 2 is 2.44 bits per heavy atom. The molecule has 0 bridgehead atoms. The molecule has 1 atom stereocenters. The normalized spacial score (nSPS) is 24.4. The number of rotatable bonds is 1. The second-order valence-electron chi connectivity index (χ2n) is 4.16. The van der Waals surface area contributed by atoms with E-state index in [4.69, 9.17) is 0 Å². The number of aromatic nitrogens is 2. The van der Waals surface area contributed by atoms with E-state index < -0.39 is 0 Å². The molecule has 3 heterocycles. The predicted octanol–water partition coefficient (Wildman–Crippen LogP) is 2.64. The average Bonchev–Trinajstić information content (AvgIpc) is 2.87. The van der Waals surface area contributed by atoms with E-state index in [1.54, 1.807) is 17.7 Å². The van der Waals surface area contributed by atoms with Crippen LogP contribution in [0, 0.1) is 0 Å². The Balaban J connectivity index is 2.13. The molecule has 16 heavy (non-hydrogen) atoms. The first kappa shape index (κ1) is 10.5. The van der Waals surface area contributed by atoms with Crippen molar-refractivity contribution in [3.63, 3.8) is 0 Å². The van der Waals surface area contributed by atoms with E-state index in [-0.39, 0.29) is 5.54 Å². The second kappa shape index (κ2) is 3.68. The third-order valence-corrected chi connectivity index (χ3v) is 5.02. The topological polar surface area (TPSA) is 40.7 Å². The van der Waals surface area contributed by atoms with E-state index in [0.29, 0.717) is 0 Å². The fraction of sp³-hybridized carbons (Fsp3) is 0.364. The lowest BCUT2D eigenvalue weighted by Gasteiger charge is -2.33. The smallest absolute Gasteiger partial charge is 0.0947 e. The van der Waals surface area contributed by atoms with Crippen molar-refractivity contribution in [1.82, 2.24) is 15.3 Å². The van der Waals surface area contributed by atoms with Crippen molar-refractivity contribution in [2.24, 2.45) is 0 Å². The van der Waals surface area contributed by atoms with Gasteiger partial charge in [-0.1, -0.05) is 0 Å². The highest BCUT2D eigenvalue weighted by molar-refractivity contribution is 9.10. The van der Waals surface area contributed by atoms with Crippen molar-refractivity contribution in [3.8, 4) is 0 Å². The molecular formula is C11H12BrN3S. The first-order valence-electron chi connectivity index (χ1n) is 5.22. The van der Waals surface area contributed by atoms with Gasteiger partial charge in [0.2, 0.25) is 0 Å². The summed E-state index contributed by atoms with van der Waals surface area (Å²) in [6.07, 6.45) is 2.82. The molecule has 3 nitrogen and oxygen atoms in total. The van der Waals surface area contributed by atoms with Crippen molar-refractivity contribution < 1.29 is 0 Å². The maximum absolute atomic E-state index is 4.47. The van der Waals surface area contributed by atoms with Gasteiger partial charge in [0.05, 0.1) is 17.6 Å². The van der Waals surface area contributed by atoms with Gasteiger partial charge in [-0.3, -0.25) is 0 Å².